The molecule has 0 fully saturated rings. The first-order valence-electron chi connectivity index (χ1n) is 6.79. The molecular weight excluding hydrogens is 272 g/mol. The summed E-state index contributed by atoms with van der Waals surface area (Å²) in [6.07, 6.45) is 0.651. The number of nitrogens with zero attached hydrogens (tertiary/aromatic N) is 1. The number of urea groups is 1. The molecule has 116 valence electrons. The highest BCUT2D eigenvalue weighted by Crippen LogP contribution is 2.17. The number of rotatable bonds is 7. The zero-order valence-corrected chi connectivity index (χ0v) is 12.6. The Balaban J connectivity index is 2.41. The van der Waals surface area contributed by atoms with Crippen LogP contribution in [0.15, 0.2) is 24.3 Å². The van der Waals surface area contributed by atoms with Gasteiger partial charge in [-0.3, -0.25) is 4.79 Å². The van der Waals surface area contributed by atoms with Gasteiger partial charge in [-0.15, -0.1) is 0 Å². The second-order valence-electron chi connectivity index (χ2n) is 4.91. The minimum Gasteiger partial charge on any atom is -0.496 e. The van der Waals surface area contributed by atoms with E-state index in [0.717, 1.165) is 11.3 Å². The Kier molecular flexibility index (Phi) is 6.52. The van der Waals surface area contributed by atoms with E-state index in [1.54, 1.807) is 21.1 Å². The number of carbonyl (C=O) groups is 2. The average molecular weight is 294 g/mol. The van der Waals surface area contributed by atoms with Gasteiger partial charge in [0, 0.05) is 20.1 Å². The van der Waals surface area contributed by atoms with Crippen molar-refractivity contribution in [3.8, 4) is 5.75 Å². The lowest BCUT2D eigenvalue weighted by Crippen LogP contribution is -2.41. The van der Waals surface area contributed by atoms with Gasteiger partial charge in [-0.25, -0.2) is 4.79 Å². The van der Waals surface area contributed by atoms with Crippen molar-refractivity contribution in [1.82, 2.24) is 10.2 Å². The zero-order chi connectivity index (χ0) is 15.8. The number of para-hydroxylation sites is 1. The molecule has 1 atom stereocenters. The fourth-order valence-electron chi connectivity index (χ4n) is 1.92. The Bertz CT molecular complexity index is 490. The summed E-state index contributed by atoms with van der Waals surface area (Å²) >= 11 is 0. The van der Waals surface area contributed by atoms with E-state index in [4.69, 9.17) is 9.84 Å². The lowest BCUT2D eigenvalue weighted by atomic mass is 10.1. The number of carboxylic acid groups (broad SMARTS) is 1. The maximum atomic E-state index is 11.8. The third kappa shape index (κ3) is 5.33. The Morgan fingerprint density at radius 3 is 2.67 bits per heavy atom. The number of hydrogen-bond acceptors (Lipinski definition) is 3. The predicted octanol–water partition coefficient (Wildman–Crippen LogP) is 1.60. The molecule has 0 aliphatic heterocycles. The Morgan fingerprint density at radius 1 is 1.38 bits per heavy atom. The summed E-state index contributed by atoms with van der Waals surface area (Å²) in [5.74, 6) is -0.710. The Hall–Kier alpha value is -2.24. The topological polar surface area (TPSA) is 78.9 Å². The van der Waals surface area contributed by atoms with E-state index in [1.807, 2.05) is 24.3 Å². The molecule has 21 heavy (non-hydrogen) atoms. The van der Waals surface area contributed by atoms with E-state index >= 15 is 0 Å². The van der Waals surface area contributed by atoms with E-state index in [9.17, 15) is 9.59 Å². The predicted molar refractivity (Wildman–Crippen MR) is 79.5 cm³/mol. The van der Waals surface area contributed by atoms with E-state index < -0.39 is 11.9 Å². The first kappa shape index (κ1) is 16.8. The van der Waals surface area contributed by atoms with Crippen LogP contribution < -0.4 is 10.1 Å². The number of carboxylic acids is 1. The van der Waals surface area contributed by atoms with Crippen LogP contribution in [0.2, 0.25) is 0 Å². The van der Waals surface area contributed by atoms with Crippen LogP contribution in [0.3, 0.4) is 0 Å². The van der Waals surface area contributed by atoms with Crippen LogP contribution >= 0.6 is 0 Å². The maximum Gasteiger partial charge on any atom is 0.317 e. The fourth-order valence-corrected chi connectivity index (χ4v) is 1.92. The molecule has 0 bridgehead atoms. The van der Waals surface area contributed by atoms with Gasteiger partial charge in [0.25, 0.3) is 0 Å². The molecule has 0 saturated heterocycles. The summed E-state index contributed by atoms with van der Waals surface area (Å²) in [7, 11) is 3.19. The molecule has 0 aliphatic carbocycles. The number of methoxy groups -OCH3 is 1. The molecule has 0 spiro atoms. The van der Waals surface area contributed by atoms with Crippen molar-refractivity contribution >= 4 is 12.0 Å². The van der Waals surface area contributed by atoms with Gasteiger partial charge in [0.2, 0.25) is 0 Å². The van der Waals surface area contributed by atoms with Crippen LogP contribution in [0.4, 0.5) is 4.79 Å². The SMILES string of the molecule is COc1ccccc1CCNC(=O)N(C)CC(C)C(=O)O. The number of ether oxygens (including phenoxy) is 1. The molecule has 0 saturated carbocycles. The van der Waals surface area contributed by atoms with Gasteiger partial charge in [0.05, 0.1) is 13.0 Å². The van der Waals surface area contributed by atoms with Gasteiger partial charge in [-0.1, -0.05) is 25.1 Å². The monoisotopic (exact) mass is 294 g/mol. The normalized spacial score (nSPS) is 11.6. The quantitative estimate of drug-likeness (QED) is 0.800. The molecule has 0 aromatic heterocycles. The van der Waals surface area contributed by atoms with Crippen LogP contribution in [-0.2, 0) is 11.2 Å². The van der Waals surface area contributed by atoms with E-state index in [2.05, 4.69) is 5.32 Å². The van der Waals surface area contributed by atoms with Crippen molar-refractivity contribution in [2.24, 2.45) is 5.92 Å². The van der Waals surface area contributed by atoms with E-state index in [0.29, 0.717) is 13.0 Å². The van der Waals surface area contributed by atoms with E-state index in [1.165, 1.54) is 4.90 Å². The van der Waals surface area contributed by atoms with Crippen molar-refractivity contribution in [1.29, 1.82) is 0 Å². The summed E-state index contributed by atoms with van der Waals surface area (Å²) < 4.78 is 5.24. The lowest BCUT2D eigenvalue weighted by molar-refractivity contribution is -0.141. The van der Waals surface area contributed by atoms with Crippen molar-refractivity contribution in [3.05, 3.63) is 29.8 Å². The minimum atomic E-state index is -0.913. The molecule has 2 N–H and O–H groups in total. The molecule has 0 heterocycles. The fraction of sp³-hybridized carbons (Fsp3) is 0.467. The van der Waals surface area contributed by atoms with Gasteiger partial charge in [-0.2, -0.15) is 0 Å². The molecule has 1 rings (SSSR count). The highest BCUT2D eigenvalue weighted by atomic mass is 16.5. The molecular formula is C15H22N2O4. The largest absolute Gasteiger partial charge is 0.496 e. The second kappa shape index (κ2) is 8.14. The molecule has 1 aromatic carbocycles. The van der Waals surface area contributed by atoms with Crippen LogP contribution in [0.1, 0.15) is 12.5 Å². The second-order valence-corrected chi connectivity index (χ2v) is 4.91. The van der Waals surface area contributed by atoms with Crippen molar-refractivity contribution in [3.63, 3.8) is 0 Å². The van der Waals surface area contributed by atoms with Crippen LogP contribution in [0.5, 0.6) is 5.75 Å². The minimum absolute atomic E-state index is 0.176. The molecule has 0 radical (unpaired) electrons. The molecule has 1 unspecified atom stereocenters. The number of aliphatic carboxylic acids is 1. The smallest absolute Gasteiger partial charge is 0.317 e. The van der Waals surface area contributed by atoms with Gasteiger partial charge >= 0.3 is 12.0 Å². The van der Waals surface area contributed by atoms with Gasteiger partial charge in [-0.05, 0) is 18.1 Å². The number of benzene rings is 1. The molecule has 0 aliphatic rings. The number of carbonyl (C=O) groups excluding carboxylic acids is 1. The molecule has 6 nitrogen and oxygen atoms in total. The van der Waals surface area contributed by atoms with E-state index in [-0.39, 0.29) is 12.6 Å². The number of amides is 2. The van der Waals surface area contributed by atoms with Gasteiger partial charge in [0.15, 0.2) is 0 Å². The summed E-state index contributed by atoms with van der Waals surface area (Å²) in [5, 5.41) is 11.6. The maximum absolute atomic E-state index is 11.8. The van der Waals surface area contributed by atoms with Gasteiger partial charge < -0.3 is 20.1 Å². The summed E-state index contributed by atoms with van der Waals surface area (Å²) in [6, 6.07) is 7.35. The Labute approximate surface area is 124 Å². The third-order valence-corrected chi connectivity index (χ3v) is 3.18. The summed E-state index contributed by atoms with van der Waals surface area (Å²) in [6.45, 7) is 2.21. The first-order valence-corrected chi connectivity index (χ1v) is 6.79. The number of hydrogen-bond donors (Lipinski definition) is 2. The first-order chi connectivity index (χ1) is 9.95. The zero-order valence-electron chi connectivity index (χ0n) is 12.6. The third-order valence-electron chi connectivity index (χ3n) is 3.18. The molecule has 6 heteroatoms. The number of nitrogens with one attached hydrogen (secondary N) is 1. The van der Waals surface area contributed by atoms with Crippen molar-refractivity contribution < 1.29 is 19.4 Å². The summed E-state index contributed by atoms with van der Waals surface area (Å²) in [4.78, 5) is 24.0. The summed E-state index contributed by atoms with van der Waals surface area (Å²) in [5.41, 5.74) is 1.02. The average Bonchev–Trinajstić information content (AvgIpc) is 2.47. The molecule has 2 amide bonds. The van der Waals surface area contributed by atoms with Crippen LogP contribution in [0, 0.1) is 5.92 Å². The van der Waals surface area contributed by atoms with Crippen LogP contribution in [0.25, 0.3) is 0 Å². The van der Waals surface area contributed by atoms with Crippen molar-refractivity contribution in [2.75, 3.05) is 27.2 Å². The Morgan fingerprint density at radius 2 is 2.05 bits per heavy atom. The van der Waals surface area contributed by atoms with Crippen LogP contribution in [-0.4, -0.2) is 49.3 Å². The standard InChI is InChI=1S/C15H22N2O4/c1-11(14(18)19)10-17(2)15(20)16-9-8-12-6-4-5-7-13(12)21-3/h4-7,11H,8-10H2,1-3H3,(H,16,20)(H,18,19). The lowest BCUT2D eigenvalue weighted by Gasteiger charge is -2.20. The molecule has 1 aromatic rings. The highest BCUT2D eigenvalue weighted by molar-refractivity contribution is 5.75. The van der Waals surface area contributed by atoms with Crippen molar-refractivity contribution in [2.45, 2.75) is 13.3 Å². The highest BCUT2D eigenvalue weighted by Gasteiger charge is 2.16. The van der Waals surface area contributed by atoms with Gasteiger partial charge in [0.1, 0.15) is 5.75 Å².